The third kappa shape index (κ3) is 3.12. The van der Waals surface area contributed by atoms with E-state index in [4.69, 9.17) is 17.3 Å². The number of anilines is 1. The van der Waals surface area contributed by atoms with E-state index in [0.717, 1.165) is 5.56 Å². The van der Waals surface area contributed by atoms with Gasteiger partial charge in [-0.3, -0.25) is 4.79 Å². The fourth-order valence-corrected chi connectivity index (χ4v) is 2.20. The molecule has 19 heavy (non-hydrogen) atoms. The lowest BCUT2D eigenvalue weighted by Crippen LogP contribution is -2.06. The highest BCUT2D eigenvalue weighted by molar-refractivity contribution is 6.30. The normalized spacial score (nSPS) is 10.5. The number of halogens is 2. The fourth-order valence-electron chi connectivity index (χ4n) is 2.08. The molecule has 98 valence electrons. The molecule has 0 aliphatic heterocycles. The van der Waals surface area contributed by atoms with Crippen LogP contribution in [0.1, 0.15) is 28.4 Å². The highest BCUT2D eigenvalue weighted by atomic mass is 35.5. The van der Waals surface area contributed by atoms with Gasteiger partial charge in [0.05, 0.1) is 0 Å². The quantitative estimate of drug-likeness (QED) is 0.684. The second-order valence-electron chi connectivity index (χ2n) is 4.39. The molecule has 0 heterocycles. The summed E-state index contributed by atoms with van der Waals surface area (Å²) in [5, 5.41) is 0.634. The van der Waals surface area contributed by atoms with Crippen LogP contribution in [-0.2, 0) is 6.42 Å². The smallest absolute Gasteiger partial charge is 0.162 e. The second-order valence-corrected chi connectivity index (χ2v) is 4.83. The Morgan fingerprint density at radius 3 is 2.47 bits per heavy atom. The molecule has 0 saturated carbocycles. The number of ketones is 1. The lowest BCUT2D eigenvalue weighted by molar-refractivity contribution is 0.101. The van der Waals surface area contributed by atoms with Crippen LogP contribution in [0.3, 0.4) is 0 Å². The third-order valence-corrected chi connectivity index (χ3v) is 3.13. The zero-order valence-corrected chi connectivity index (χ0v) is 11.2. The Bertz CT molecular complexity index is 623. The van der Waals surface area contributed by atoms with Crippen LogP contribution in [0.15, 0.2) is 36.4 Å². The van der Waals surface area contributed by atoms with E-state index < -0.39 is 5.82 Å². The van der Waals surface area contributed by atoms with E-state index in [9.17, 15) is 9.18 Å². The molecule has 0 fully saturated rings. The van der Waals surface area contributed by atoms with E-state index in [1.807, 2.05) is 12.1 Å². The monoisotopic (exact) mass is 277 g/mol. The van der Waals surface area contributed by atoms with Gasteiger partial charge in [-0.1, -0.05) is 23.7 Å². The minimum Gasteiger partial charge on any atom is -0.398 e. The predicted octanol–water partition coefficient (Wildman–Crippen LogP) is 3.85. The molecular formula is C15H13ClFNO. The van der Waals surface area contributed by atoms with Crippen molar-refractivity contribution in [1.29, 1.82) is 0 Å². The van der Waals surface area contributed by atoms with Crippen LogP contribution in [-0.4, -0.2) is 5.78 Å². The minimum atomic E-state index is -0.438. The van der Waals surface area contributed by atoms with Gasteiger partial charge in [-0.05, 0) is 48.7 Å². The van der Waals surface area contributed by atoms with Crippen molar-refractivity contribution in [1.82, 2.24) is 0 Å². The van der Waals surface area contributed by atoms with Crippen molar-refractivity contribution >= 4 is 23.1 Å². The van der Waals surface area contributed by atoms with Crippen molar-refractivity contribution in [2.75, 3.05) is 5.73 Å². The molecule has 0 atom stereocenters. The number of hydrogen-bond acceptors (Lipinski definition) is 2. The van der Waals surface area contributed by atoms with Crippen LogP contribution in [0.2, 0.25) is 5.02 Å². The molecule has 0 amide bonds. The maximum absolute atomic E-state index is 13.4. The number of Topliss-reactive ketones (excluding diaryl/α,β-unsaturated/α-hetero) is 1. The molecule has 2 N–H and O–H groups in total. The van der Waals surface area contributed by atoms with Gasteiger partial charge in [0.15, 0.2) is 5.78 Å². The molecule has 0 saturated heterocycles. The molecule has 2 aromatic rings. The Kier molecular flexibility index (Phi) is 3.86. The molecule has 0 spiro atoms. The molecule has 0 radical (unpaired) electrons. The topological polar surface area (TPSA) is 43.1 Å². The van der Waals surface area contributed by atoms with Gasteiger partial charge in [0.2, 0.25) is 0 Å². The van der Waals surface area contributed by atoms with E-state index in [-0.39, 0.29) is 11.5 Å². The van der Waals surface area contributed by atoms with E-state index in [1.165, 1.54) is 19.1 Å². The maximum atomic E-state index is 13.4. The Balaban J connectivity index is 2.44. The summed E-state index contributed by atoms with van der Waals surface area (Å²) in [5.41, 5.74) is 7.81. The number of nitrogen functional groups attached to an aromatic ring is 1. The van der Waals surface area contributed by atoms with Gasteiger partial charge in [0.25, 0.3) is 0 Å². The SMILES string of the molecule is CC(=O)c1c(N)cc(F)cc1Cc1ccc(Cl)cc1. The Morgan fingerprint density at radius 2 is 1.89 bits per heavy atom. The zero-order valence-electron chi connectivity index (χ0n) is 10.4. The maximum Gasteiger partial charge on any atom is 0.162 e. The summed E-state index contributed by atoms with van der Waals surface area (Å²) in [4.78, 5) is 11.6. The van der Waals surface area contributed by atoms with Crippen LogP contribution in [0.5, 0.6) is 0 Å². The standard InChI is InChI=1S/C15H13ClFNO/c1-9(19)15-11(7-13(17)8-14(15)18)6-10-2-4-12(16)5-3-10/h2-5,7-8H,6,18H2,1H3. The van der Waals surface area contributed by atoms with Crippen molar-refractivity contribution in [2.45, 2.75) is 13.3 Å². The van der Waals surface area contributed by atoms with Crippen molar-refractivity contribution in [3.8, 4) is 0 Å². The van der Waals surface area contributed by atoms with Crippen LogP contribution >= 0.6 is 11.6 Å². The average Bonchev–Trinajstić information content (AvgIpc) is 2.30. The van der Waals surface area contributed by atoms with Crippen molar-refractivity contribution in [2.24, 2.45) is 0 Å². The van der Waals surface area contributed by atoms with E-state index in [2.05, 4.69) is 0 Å². The first-order chi connectivity index (χ1) is 8.97. The average molecular weight is 278 g/mol. The minimum absolute atomic E-state index is 0.165. The Hall–Kier alpha value is -1.87. The van der Waals surface area contributed by atoms with Gasteiger partial charge in [-0.15, -0.1) is 0 Å². The summed E-state index contributed by atoms with van der Waals surface area (Å²) >= 11 is 5.81. The summed E-state index contributed by atoms with van der Waals surface area (Å²) in [6, 6.07) is 9.71. The molecule has 0 unspecified atom stereocenters. The van der Waals surface area contributed by atoms with Crippen molar-refractivity contribution < 1.29 is 9.18 Å². The van der Waals surface area contributed by atoms with E-state index in [1.54, 1.807) is 12.1 Å². The molecule has 4 heteroatoms. The van der Waals surface area contributed by atoms with Gasteiger partial charge in [-0.25, -0.2) is 4.39 Å². The lowest BCUT2D eigenvalue weighted by Gasteiger charge is -2.10. The number of hydrogen-bond donors (Lipinski definition) is 1. The summed E-state index contributed by atoms with van der Waals surface area (Å²) < 4.78 is 13.4. The first-order valence-corrected chi connectivity index (χ1v) is 6.18. The summed E-state index contributed by atoms with van der Waals surface area (Å²) in [6.07, 6.45) is 0.439. The van der Waals surface area contributed by atoms with Gasteiger partial charge in [0, 0.05) is 16.3 Å². The number of rotatable bonds is 3. The molecule has 0 aliphatic rings. The molecule has 2 aromatic carbocycles. The molecular weight excluding hydrogens is 265 g/mol. The van der Waals surface area contributed by atoms with Crippen LogP contribution in [0.25, 0.3) is 0 Å². The molecule has 2 rings (SSSR count). The number of nitrogens with two attached hydrogens (primary N) is 1. The number of benzene rings is 2. The molecule has 2 nitrogen and oxygen atoms in total. The zero-order chi connectivity index (χ0) is 14.0. The molecule has 0 aromatic heterocycles. The van der Waals surface area contributed by atoms with Crippen molar-refractivity contribution in [3.05, 3.63) is 63.9 Å². The third-order valence-electron chi connectivity index (χ3n) is 2.88. The van der Waals surface area contributed by atoms with Gasteiger partial charge >= 0.3 is 0 Å². The fraction of sp³-hybridized carbons (Fsp3) is 0.133. The van der Waals surface area contributed by atoms with Crippen LogP contribution in [0, 0.1) is 5.82 Å². The van der Waals surface area contributed by atoms with Gasteiger partial charge in [0.1, 0.15) is 5.82 Å². The summed E-state index contributed by atoms with van der Waals surface area (Å²) in [7, 11) is 0. The van der Waals surface area contributed by atoms with Gasteiger partial charge < -0.3 is 5.73 Å². The first kappa shape index (κ1) is 13.6. The van der Waals surface area contributed by atoms with Gasteiger partial charge in [-0.2, -0.15) is 0 Å². The van der Waals surface area contributed by atoms with Crippen molar-refractivity contribution in [3.63, 3.8) is 0 Å². The first-order valence-electron chi connectivity index (χ1n) is 5.80. The molecule has 0 bridgehead atoms. The van der Waals surface area contributed by atoms with E-state index in [0.29, 0.717) is 22.6 Å². The number of carbonyl (C=O) groups is 1. The second kappa shape index (κ2) is 5.41. The van der Waals surface area contributed by atoms with Crippen LogP contribution < -0.4 is 5.73 Å². The largest absolute Gasteiger partial charge is 0.398 e. The predicted molar refractivity (Wildman–Crippen MR) is 75.1 cm³/mol. The summed E-state index contributed by atoms with van der Waals surface area (Å²) in [6.45, 7) is 1.43. The lowest BCUT2D eigenvalue weighted by atomic mass is 9.96. The van der Waals surface area contributed by atoms with E-state index >= 15 is 0 Å². The number of carbonyl (C=O) groups excluding carboxylic acids is 1. The summed E-state index contributed by atoms with van der Waals surface area (Å²) in [5.74, 6) is -0.604. The highest BCUT2D eigenvalue weighted by Crippen LogP contribution is 2.23. The Morgan fingerprint density at radius 1 is 1.26 bits per heavy atom. The Labute approximate surface area is 116 Å². The van der Waals surface area contributed by atoms with Crippen LogP contribution in [0.4, 0.5) is 10.1 Å². The highest BCUT2D eigenvalue weighted by Gasteiger charge is 2.13. The molecule has 0 aliphatic carbocycles.